The number of carbonyl (C=O) groups is 1. The number of anilines is 1. The van der Waals surface area contributed by atoms with Gasteiger partial charge in [-0.25, -0.2) is 9.18 Å². The number of pyridine rings is 1. The fourth-order valence-electron chi connectivity index (χ4n) is 4.24. The first-order valence-electron chi connectivity index (χ1n) is 10.6. The molecule has 164 valence electrons. The molecule has 0 spiro atoms. The van der Waals surface area contributed by atoms with E-state index >= 15 is 4.39 Å². The Bertz CT molecular complexity index is 1300. The van der Waals surface area contributed by atoms with Crippen LogP contribution in [0.2, 0.25) is 0 Å². The summed E-state index contributed by atoms with van der Waals surface area (Å²) in [7, 11) is 0. The number of aliphatic imine (C=N–C) groups is 1. The Labute approximate surface area is 183 Å². The number of phenols is 1. The molecule has 3 aromatic rings. The van der Waals surface area contributed by atoms with Crippen molar-refractivity contribution in [2.75, 3.05) is 18.0 Å². The van der Waals surface area contributed by atoms with Crippen LogP contribution in [0.3, 0.4) is 0 Å². The number of rotatable bonds is 5. The van der Waals surface area contributed by atoms with Gasteiger partial charge in [-0.05, 0) is 61.2 Å². The van der Waals surface area contributed by atoms with Crippen LogP contribution < -0.4 is 10.3 Å². The van der Waals surface area contributed by atoms with Gasteiger partial charge in [0.15, 0.2) is 0 Å². The van der Waals surface area contributed by atoms with Gasteiger partial charge in [0, 0.05) is 36.9 Å². The Morgan fingerprint density at radius 2 is 1.91 bits per heavy atom. The first kappa shape index (κ1) is 20.2. The molecule has 8 heteroatoms. The molecule has 1 aliphatic heterocycles. The zero-order valence-electron chi connectivity index (χ0n) is 17.2. The predicted molar refractivity (Wildman–Crippen MR) is 120 cm³/mol. The van der Waals surface area contributed by atoms with Gasteiger partial charge in [-0.15, -0.1) is 0 Å². The second kappa shape index (κ2) is 7.78. The lowest BCUT2D eigenvalue weighted by Gasteiger charge is -2.21. The molecule has 1 unspecified atom stereocenters. The van der Waals surface area contributed by atoms with E-state index in [1.165, 1.54) is 12.3 Å². The number of halogens is 1. The van der Waals surface area contributed by atoms with Gasteiger partial charge in [-0.3, -0.25) is 9.79 Å². The van der Waals surface area contributed by atoms with Gasteiger partial charge in [0.1, 0.15) is 17.1 Å². The van der Waals surface area contributed by atoms with Gasteiger partial charge in [-0.1, -0.05) is 0 Å². The van der Waals surface area contributed by atoms with Gasteiger partial charge >= 0.3 is 5.97 Å². The minimum atomic E-state index is -1.30. The normalized spacial score (nSPS) is 18.7. The molecule has 32 heavy (non-hydrogen) atoms. The average Bonchev–Trinajstić information content (AvgIpc) is 3.51. The minimum absolute atomic E-state index is 0.00101. The molecule has 0 amide bonds. The van der Waals surface area contributed by atoms with Crippen LogP contribution in [-0.4, -0.2) is 46.1 Å². The van der Waals surface area contributed by atoms with E-state index in [2.05, 4.69) is 4.99 Å². The van der Waals surface area contributed by atoms with Crippen LogP contribution in [0.5, 0.6) is 5.75 Å². The number of phenolic OH excluding ortho intramolecular Hbond substituents is 1. The van der Waals surface area contributed by atoms with E-state index in [0.29, 0.717) is 24.3 Å². The highest BCUT2D eigenvalue weighted by molar-refractivity contribution is 5.93. The van der Waals surface area contributed by atoms with E-state index in [1.54, 1.807) is 41.1 Å². The maximum atomic E-state index is 15.0. The Morgan fingerprint density at radius 1 is 1.16 bits per heavy atom. The quantitative estimate of drug-likeness (QED) is 0.598. The summed E-state index contributed by atoms with van der Waals surface area (Å²) in [5.74, 6) is -1.64. The van der Waals surface area contributed by atoms with Crippen molar-refractivity contribution in [1.29, 1.82) is 0 Å². The molecule has 5 rings (SSSR count). The monoisotopic (exact) mass is 435 g/mol. The molecular weight excluding hydrogens is 413 g/mol. The Hall–Kier alpha value is -3.68. The fourth-order valence-corrected chi connectivity index (χ4v) is 4.24. The van der Waals surface area contributed by atoms with Crippen molar-refractivity contribution in [3.8, 4) is 5.75 Å². The highest BCUT2D eigenvalue weighted by Gasteiger charge is 2.29. The number of aromatic nitrogens is 1. The summed E-state index contributed by atoms with van der Waals surface area (Å²) in [5, 5.41) is 18.9. The maximum absolute atomic E-state index is 15.0. The molecule has 0 radical (unpaired) electrons. The van der Waals surface area contributed by atoms with Crippen molar-refractivity contribution in [2.45, 2.75) is 31.3 Å². The largest absolute Gasteiger partial charge is 0.508 e. The van der Waals surface area contributed by atoms with Gasteiger partial charge in [0.2, 0.25) is 5.43 Å². The van der Waals surface area contributed by atoms with Crippen LogP contribution in [0.4, 0.5) is 10.1 Å². The summed E-state index contributed by atoms with van der Waals surface area (Å²) in [6.07, 6.45) is 5.71. The van der Waals surface area contributed by atoms with E-state index in [4.69, 9.17) is 0 Å². The first-order chi connectivity index (χ1) is 15.4. The molecule has 1 aromatic heterocycles. The molecule has 0 bridgehead atoms. The van der Waals surface area contributed by atoms with Crippen LogP contribution in [0.25, 0.3) is 10.9 Å². The Morgan fingerprint density at radius 3 is 2.59 bits per heavy atom. The van der Waals surface area contributed by atoms with Gasteiger partial charge < -0.3 is 19.7 Å². The molecule has 2 fully saturated rings. The number of hydrogen-bond acceptors (Lipinski definition) is 5. The van der Waals surface area contributed by atoms with Crippen LogP contribution in [0.1, 0.15) is 41.2 Å². The maximum Gasteiger partial charge on any atom is 0.341 e. The number of hydrogen-bond donors (Lipinski definition) is 2. The number of aromatic carboxylic acids is 1. The number of aromatic hydroxyl groups is 1. The third-order valence-electron chi connectivity index (χ3n) is 6.10. The zero-order chi connectivity index (χ0) is 22.4. The van der Waals surface area contributed by atoms with E-state index in [0.717, 1.165) is 24.8 Å². The van der Waals surface area contributed by atoms with Crippen molar-refractivity contribution < 1.29 is 19.4 Å². The van der Waals surface area contributed by atoms with Crippen molar-refractivity contribution in [3.63, 3.8) is 0 Å². The molecule has 2 N–H and O–H groups in total. The summed E-state index contributed by atoms with van der Waals surface area (Å²) in [6.45, 7) is 1.17. The number of fused-ring (bicyclic) bond motifs is 1. The van der Waals surface area contributed by atoms with Crippen LogP contribution >= 0.6 is 0 Å². The van der Waals surface area contributed by atoms with Crippen LogP contribution in [0, 0.1) is 5.82 Å². The summed E-state index contributed by atoms with van der Waals surface area (Å²) in [5.41, 5.74) is 0.849. The Balaban J connectivity index is 1.46. The molecule has 1 atom stereocenters. The van der Waals surface area contributed by atoms with Gasteiger partial charge in [0.25, 0.3) is 0 Å². The van der Waals surface area contributed by atoms with Crippen molar-refractivity contribution in [3.05, 3.63) is 69.8 Å². The van der Waals surface area contributed by atoms with Crippen LogP contribution in [-0.2, 0) is 0 Å². The Kier molecular flexibility index (Phi) is 4.92. The first-order valence-corrected chi connectivity index (χ1v) is 10.6. The van der Waals surface area contributed by atoms with Gasteiger partial charge in [-0.2, -0.15) is 0 Å². The van der Waals surface area contributed by atoms with E-state index < -0.39 is 17.2 Å². The van der Waals surface area contributed by atoms with Crippen molar-refractivity contribution in [2.24, 2.45) is 4.99 Å². The molecule has 7 nitrogen and oxygen atoms in total. The molecule has 1 saturated carbocycles. The van der Waals surface area contributed by atoms with E-state index in [9.17, 15) is 19.8 Å². The third-order valence-corrected chi connectivity index (χ3v) is 6.10. The standard InChI is InChI=1S/C24H22FN3O4/c25-20-9-18-21(28(16-3-4-16)13-19(23(18)30)24(31)32)10-22(20)27-8-7-15(12-27)26-11-14-1-5-17(29)6-2-14/h1-2,5-6,9-11,13,15-16,29H,3-4,7-8,12H2,(H,31,32). The number of carboxylic acids is 1. The molecule has 2 aliphatic rings. The molecular formula is C24H22FN3O4. The number of benzene rings is 2. The highest BCUT2D eigenvalue weighted by Crippen LogP contribution is 2.38. The summed E-state index contributed by atoms with van der Waals surface area (Å²) >= 11 is 0. The number of nitrogens with zero attached hydrogens (tertiary/aromatic N) is 3. The molecule has 1 saturated heterocycles. The van der Waals surface area contributed by atoms with Crippen molar-refractivity contribution >= 4 is 28.8 Å². The average molecular weight is 435 g/mol. The zero-order valence-corrected chi connectivity index (χ0v) is 17.2. The smallest absolute Gasteiger partial charge is 0.341 e. The second-order valence-electron chi connectivity index (χ2n) is 8.39. The molecule has 2 heterocycles. The third kappa shape index (κ3) is 3.72. The summed E-state index contributed by atoms with van der Waals surface area (Å²) in [4.78, 5) is 30.6. The lowest BCUT2D eigenvalue weighted by atomic mass is 10.1. The SMILES string of the molecule is O=C(O)c1cn(C2CC2)c2cc(N3CCC(N=Cc4ccc(O)cc4)C3)c(F)cc2c1=O. The van der Waals surface area contributed by atoms with Gasteiger partial charge in [0.05, 0.1) is 17.2 Å². The second-order valence-corrected chi connectivity index (χ2v) is 8.39. The molecule has 2 aromatic carbocycles. The van der Waals surface area contributed by atoms with E-state index in [-0.39, 0.29) is 28.8 Å². The van der Waals surface area contributed by atoms with Crippen LogP contribution in [0.15, 0.2) is 52.4 Å². The van der Waals surface area contributed by atoms with Crippen molar-refractivity contribution in [1.82, 2.24) is 4.57 Å². The predicted octanol–water partition coefficient (Wildman–Crippen LogP) is 3.58. The fraction of sp³-hybridized carbons (Fsp3) is 0.292. The topological polar surface area (TPSA) is 95.1 Å². The minimum Gasteiger partial charge on any atom is -0.508 e. The highest BCUT2D eigenvalue weighted by atomic mass is 19.1. The summed E-state index contributed by atoms with van der Waals surface area (Å²) < 4.78 is 16.9. The molecule has 1 aliphatic carbocycles. The lowest BCUT2D eigenvalue weighted by Crippen LogP contribution is -2.23. The summed E-state index contributed by atoms with van der Waals surface area (Å²) in [6, 6.07) is 9.72. The number of carboxylic acid groups (broad SMARTS) is 1. The van der Waals surface area contributed by atoms with E-state index in [1.807, 2.05) is 4.90 Å². The lowest BCUT2D eigenvalue weighted by molar-refractivity contribution is 0.0695.